The van der Waals surface area contributed by atoms with Gasteiger partial charge in [-0.05, 0) is 32.7 Å². The van der Waals surface area contributed by atoms with Crippen LogP contribution in [0.5, 0.6) is 0 Å². The van der Waals surface area contributed by atoms with Crippen molar-refractivity contribution in [2.75, 3.05) is 46.1 Å². The number of rotatable bonds is 12. The van der Waals surface area contributed by atoms with Crippen LogP contribution in [0.2, 0.25) is 0 Å². The predicted octanol–water partition coefficient (Wildman–Crippen LogP) is 2.04. The monoisotopic (exact) mass is 346 g/mol. The molecule has 138 valence electrons. The summed E-state index contributed by atoms with van der Waals surface area (Å²) in [5.74, 6) is -1.10. The fourth-order valence-electron chi connectivity index (χ4n) is 1.55. The Morgan fingerprint density at radius 3 is 2.33 bits per heavy atom. The van der Waals surface area contributed by atoms with Crippen molar-refractivity contribution in [3.05, 3.63) is 10.4 Å². The zero-order valence-corrected chi connectivity index (χ0v) is 14.4. The SMILES string of the molecule is CC(C)(C)OC(=O)N(CCCOCCOCCN=[N+]=[N-])CC(=O)O. The fourth-order valence-corrected chi connectivity index (χ4v) is 1.55. The Morgan fingerprint density at radius 1 is 1.17 bits per heavy atom. The number of nitrogens with zero attached hydrogens (tertiary/aromatic N) is 4. The van der Waals surface area contributed by atoms with Gasteiger partial charge >= 0.3 is 12.1 Å². The van der Waals surface area contributed by atoms with Gasteiger partial charge in [0, 0.05) is 24.6 Å². The van der Waals surface area contributed by atoms with E-state index < -0.39 is 24.2 Å². The van der Waals surface area contributed by atoms with Crippen LogP contribution in [0, 0.1) is 0 Å². The van der Waals surface area contributed by atoms with E-state index in [0.29, 0.717) is 32.8 Å². The summed E-state index contributed by atoms with van der Waals surface area (Å²) in [7, 11) is 0. The summed E-state index contributed by atoms with van der Waals surface area (Å²) >= 11 is 0. The summed E-state index contributed by atoms with van der Waals surface area (Å²) in [6, 6.07) is 0. The van der Waals surface area contributed by atoms with Crippen molar-refractivity contribution in [1.82, 2.24) is 4.90 Å². The van der Waals surface area contributed by atoms with Crippen LogP contribution in [0.25, 0.3) is 10.4 Å². The van der Waals surface area contributed by atoms with E-state index in [-0.39, 0.29) is 13.1 Å². The molecular weight excluding hydrogens is 320 g/mol. The highest BCUT2D eigenvalue weighted by Gasteiger charge is 2.23. The second kappa shape index (κ2) is 12.4. The summed E-state index contributed by atoms with van der Waals surface area (Å²) in [6.45, 7) is 6.65. The van der Waals surface area contributed by atoms with Crippen LogP contribution in [0.1, 0.15) is 27.2 Å². The molecule has 0 spiro atoms. The molecule has 1 N–H and O–H groups in total. The molecule has 0 aliphatic rings. The maximum atomic E-state index is 11.9. The molecule has 0 heterocycles. The number of aliphatic carboxylic acids is 1. The third-order valence-corrected chi connectivity index (χ3v) is 2.47. The van der Waals surface area contributed by atoms with E-state index in [4.69, 9.17) is 24.8 Å². The van der Waals surface area contributed by atoms with E-state index in [1.165, 1.54) is 0 Å². The van der Waals surface area contributed by atoms with Gasteiger partial charge in [0.1, 0.15) is 12.1 Å². The second-order valence-corrected chi connectivity index (χ2v) is 5.83. The van der Waals surface area contributed by atoms with Gasteiger partial charge in [0.2, 0.25) is 0 Å². The van der Waals surface area contributed by atoms with Gasteiger partial charge < -0.3 is 19.3 Å². The van der Waals surface area contributed by atoms with Gasteiger partial charge in [0.15, 0.2) is 0 Å². The van der Waals surface area contributed by atoms with Crippen molar-refractivity contribution in [1.29, 1.82) is 0 Å². The first-order valence-corrected chi connectivity index (χ1v) is 7.62. The normalized spacial score (nSPS) is 10.8. The average Bonchev–Trinajstić information content (AvgIpc) is 2.45. The lowest BCUT2D eigenvalue weighted by atomic mass is 10.2. The number of carbonyl (C=O) groups excluding carboxylic acids is 1. The Balaban J connectivity index is 3.92. The maximum Gasteiger partial charge on any atom is 0.410 e. The van der Waals surface area contributed by atoms with Crippen LogP contribution in [0.15, 0.2) is 5.11 Å². The number of carboxylic acids is 1. The number of hydrogen-bond acceptors (Lipinski definition) is 6. The minimum atomic E-state index is -1.10. The second-order valence-electron chi connectivity index (χ2n) is 5.83. The molecule has 0 aromatic heterocycles. The van der Waals surface area contributed by atoms with E-state index >= 15 is 0 Å². The van der Waals surface area contributed by atoms with E-state index in [0.717, 1.165) is 4.90 Å². The van der Waals surface area contributed by atoms with Crippen LogP contribution < -0.4 is 0 Å². The standard InChI is InChI=1S/C14H26N4O6/c1-14(2,3)24-13(21)18(11-12(19)20)6-4-7-22-9-10-23-8-5-16-17-15/h4-11H2,1-3H3,(H,19,20). The largest absolute Gasteiger partial charge is 0.480 e. The van der Waals surface area contributed by atoms with Gasteiger partial charge in [-0.3, -0.25) is 9.69 Å². The van der Waals surface area contributed by atoms with Crippen LogP contribution in [-0.2, 0) is 19.0 Å². The summed E-state index contributed by atoms with van der Waals surface area (Å²) in [6.07, 6.45) is -0.183. The fraction of sp³-hybridized carbons (Fsp3) is 0.857. The average molecular weight is 346 g/mol. The van der Waals surface area contributed by atoms with Gasteiger partial charge in [-0.2, -0.15) is 0 Å². The topological polar surface area (TPSA) is 134 Å². The first kappa shape index (κ1) is 22.0. The number of carbonyl (C=O) groups is 2. The number of hydrogen-bond donors (Lipinski definition) is 1. The molecule has 0 aliphatic carbocycles. The minimum Gasteiger partial charge on any atom is -0.480 e. The molecule has 24 heavy (non-hydrogen) atoms. The Morgan fingerprint density at radius 2 is 1.79 bits per heavy atom. The lowest BCUT2D eigenvalue weighted by molar-refractivity contribution is -0.138. The highest BCUT2D eigenvalue weighted by molar-refractivity contribution is 5.76. The highest BCUT2D eigenvalue weighted by Crippen LogP contribution is 2.10. The molecule has 10 nitrogen and oxygen atoms in total. The van der Waals surface area contributed by atoms with Crippen molar-refractivity contribution in [2.24, 2.45) is 5.11 Å². The van der Waals surface area contributed by atoms with Gasteiger partial charge in [-0.25, -0.2) is 4.79 Å². The van der Waals surface area contributed by atoms with Crippen LogP contribution >= 0.6 is 0 Å². The smallest absolute Gasteiger partial charge is 0.410 e. The van der Waals surface area contributed by atoms with Crippen molar-refractivity contribution in [3.63, 3.8) is 0 Å². The Hall–Kier alpha value is -2.03. The third kappa shape index (κ3) is 13.6. The van der Waals surface area contributed by atoms with Crippen LogP contribution in [-0.4, -0.2) is 73.7 Å². The molecule has 0 aliphatic heterocycles. The molecule has 0 bridgehead atoms. The summed E-state index contributed by atoms with van der Waals surface area (Å²) in [5, 5.41) is 12.2. The van der Waals surface area contributed by atoms with Crippen LogP contribution in [0.3, 0.4) is 0 Å². The summed E-state index contributed by atoms with van der Waals surface area (Å²) in [4.78, 5) is 26.5. The zero-order valence-electron chi connectivity index (χ0n) is 14.4. The minimum absolute atomic E-state index is 0.221. The van der Waals surface area contributed by atoms with E-state index in [1.807, 2.05) is 0 Å². The van der Waals surface area contributed by atoms with Crippen molar-refractivity contribution < 1.29 is 28.9 Å². The maximum absolute atomic E-state index is 11.9. The number of carboxylic acid groups (broad SMARTS) is 1. The first-order valence-electron chi connectivity index (χ1n) is 7.62. The lowest BCUT2D eigenvalue weighted by Crippen LogP contribution is -2.40. The Labute approximate surface area is 141 Å². The molecule has 0 rings (SSSR count). The van der Waals surface area contributed by atoms with Gasteiger partial charge in [0.25, 0.3) is 0 Å². The molecule has 0 unspecified atom stereocenters. The molecule has 1 amide bonds. The summed E-state index contributed by atoms with van der Waals surface area (Å²) < 4.78 is 15.7. The highest BCUT2D eigenvalue weighted by atomic mass is 16.6. The quantitative estimate of drug-likeness (QED) is 0.249. The molecule has 0 saturated heterocycles. The van der Waals surface area contributed by atoms with E-state index in [1.54, 1.807) is 20.8 Å². The van der Waals surface area contributed by atoms with E-state index in [2.05, 4.69) is 10.0 Å². The molecule has 0 fully saturated rings. The zero-order chi connectivity index (χ0) is 18.4. The first-order chi connectivity index (χ1) is 11.3. The molecule has 0 aromatic rings. The van der Waals surface area contributed by atoms with Gasteiger partial charge in [0.05, 0.1) is 19.8 Å². The number of amides is 1. The Bertz CT molecular complexity index is 431. The summed E-state index contributed by atoms with van der Waals surface area (Å²) in [5.41, 5.74) is 7.39. The molecule has 0 radical (unpaired) electrons. The molecular formula is C14H26N4O6. The van der Waals surface area contributed by atoms with Crippen molar-refractivity contribution in [3.8, 4) is 0 Å². The predicted molar refractivity (Wildman–Crippen MR) is 85.7 cm³/mol. The third-order valence-electron chi connectivity index (χ3n) is 2.47. The Kier molecular flexibility index (Phi) is 11.4. The number of azide groups is 1. The van der Waals surface area contributed by atoms with Crippen LogP contribution in [0.4, 0.5) is 4.79 Å². The van der Waals surface area contributed by atoms with Crippen molar-refractivity contribution in [2.45, 2.75) is 32.8 Å². The van der Waals surface area contributed by atoms with E-state index in [9.17, 15) is 9.59 Å². The number of ether oxygens (including phenoxy) is 3. The van der Waals surface area contributed by atoms with Gasteiger partial charge in [-0.15, -0.1) is 0 Å². The molecule has 0 aromatic carbocycles. The molecule has 0 saturated carbocycles. The molecule has 10 heteroatoms. The van der Waals surface area contributed by atoms with Crippen molar-refractivity contribution >= 4 is 12.1 Å². The molecule has 0 atom stereocenters. The van der Waals surface area contributed by atoms with Gasteiger partial charge in [-0.1, -0.05) is 5.11 Å². The lowest BCUT2D eigenvalue weighted by Gasteiger charge is -2.26.